The third-order valence-corrected chi connectivity index (χ3v) is 6.16. The molecule has 0 bridgehead atoms. The predicted octanol–water partition coefficient (Wildman–Crippen LogP) is 4.88. The fourth-order valence-corrected chi connectivity index (χ4v) is 4.55. The number of halogens is 1. The van der Waals surface area contributed by atoms with Crippen LogP contribution in [0.2, 0.25) is 5.02 Å². The van der Waals surface area contributed by atoms with Gasteiger partial charge in [0.15, 0.2) is 0 Å². The molecule has 26 heavy (non-hydrogen) atoms. The molecule has 1 aliphatic heterocycles. The summed E-state index contributed by atoms with van der Waals surface area (Å²) in [6.45, 7) is 3.08. The fraction of sp³-hybridized carbons (Fsp3) is 0.619. The monoisotopic (exact) mass is 376 g/mol. The molecule has 2 fully saturated rings. The highest BCUT2D eigenvalue weighted by Crippen LogP contribution is 2.33. The van der Waals surface area contributed by atoms with Gasteiger partial charge in [0.25, 0.3) is 0 Å². The third-order valence-electron chi connectivity index (χ3n) is 5.92. The minimum Gasteiger partial charge on any atom is -0.339 e. The Morgan fingerprint density at radius 3 is 2.54 bits per heavy atom. The van der Waals surface area contributed by atoms with E-state index in [0.717, 1.165) is 57.2 Å². The van der Waals surface area contributed by atoms with Gasteiger partial charge in [-0.1, -0.05) is 24.6 Å². The Morgan fingerprint density at radius 1 is 1.12 bits per heavy atom. The number of anilines is 1. The quantitative estimate of drug-likeness (QED) is 0.814. The van der Waals surface area contributed by atoms with E-state index >= 15 is 0 Å². The second kappa shape index (κ2) is 8.90. The van der Waals surface area contributed by atoms with Crippen LogP contribution in [0, 0.1) is 11.8 Å². The van der Waals surface area contributed by atoms with Crippen LogP contribution in [0.3, 0.4) is 0 Å². The number of benzene rings is 1. The van der Waals surface area contributed by atoms with Crippen molar-refractivity contribution in [3.8, 4) is 0 Å². The maximum atomic E-state index is 12.9. The molecule has 1 aromatic rings. The summed E-state index contributed by atoms with van der Waals surface area (Å²) in [5.41, 5.74) is 0.736. The van der Waals surface area contributed by atoms with Gasteiger partial charge in [-0.2, -0.15) is 0 Å². The lowest BCUT2D eigenvalue weighted by molar-refractivity contribution is -0.141. The zero-order chi connectivity index (χ0) is 18.5. The van der Waals surface area contributed by atoms with Crippen LogP contribution >= 0.6 is 11.6 Å². The lowest BCUT2D eigenvalue weighted by Gasteiger charge is -2.39. The third kappa shape index (κ3) is 4.59. The SMILES string of the molecule is CCC1CCCCN1C(=O)C1CCC(C(=O)Nc2cccc(Cl)c2)CC1. The number of rotatable bonds is 4. The number of piperidine rings is 1. The summed E-state index contributed by atoms with van der Waals surface area (Å²) >= 11 is 5.97. The topological polar surface area (TPSA) is 49.4 Å². The average Bonchev–Trinajstić information content (AvgIpc) is 2.67. The second-order valence-electron chi connectivity index (χ2n) is 7.64. The largest absolute Gasteiger partial charge is 0.339 e. The zero-order valence-electron chi connectivity index (χ0n) is 15.5. The molecule has 1 aromatic carbocycles. The average molecular weight is 377 g/mol. The number of nitrogens with zero attached hydrogens (tertiary/aromatic N) is 1. The van der Waals surface area contributed by atoms with Gasteiger partial charge in [-0.25, -0.2) is 0 Å². The van der Waals surface area contributed by atoms with Gasteiger partial charge >= 0.3 is 0 Å². The van der Waals surface area contributed by atoms with E-state index in [1.165, 1.54) is 6.42 Å². The minimum absolute atomic E-state index is 0.0126. The molecule has 1 atom stereocenters. The van der Waals surface area contributed by atoms with Crippen LogP contribution in [0.4, 0.5) is 5.69 Å². The van der Waals surface area contributed by atoms with E-state index in [-0.39, 0.29) is 17.7 Å². The summed E-state index contributed by atoms with van der Waals surface area (Å²) in [7, 11) is 0. The van der Waals surface area contributed by atoms with Crippen LogP contribution < -0.4 is 5.32 Å². The molecule has 2 aliphatic rings. The Kier molecular flexibility index (Phi) is 6.58. The Hall–Kier alpha value is -1.55. The number of nitrogens with one attached hydrogen (secondary N) is 1. The zero-order valence-corrected chi connectivity index (χ0v) is 16.3. The summed E-state index contributed by atoms with van der Waals surface area (Å²) < 4.78 is 0. The molecule has 1 aliphatic carbocycles. The van der Waals surface area contributed by atoms with Crippen molar-refractivity contribution in [1.29, 1.82) is 0 Å². The highest BCUT2D eigenvalue weighted by atomic mass is 35.5. The van der Waals surface area contributed by atoms with Crippen molar-refractivity contribution in [1.82, 2.24) is 4.90 Å². The standard InChI is InChI=1S/C21H29ClN2O2/c1-2-19-8-3-4-13-24(19)21(26)16-11-9-15(10-12-16)20(25)23-18-7-5-6-17(22)14-18/h5-7,14-16,19H,2-4,8-13H2,1H3,(H,23,25). The first-order valence-electron chi connectivity index (χ1n) is 9.95. The van der Waals surface area contributed by atoms with Crippen molar-refractivity contribution < 1.29 is 9.59 Å². The second-order valence-corrected chi connectivity index (χ2v) is 8.07. The van der Waals surface area contributed by atoms with Crippen molar-refractivity contribution in [3.63, 3.8) is 0 Å². The fourth-order valence-electron chi connectivity index (χ4n) is 4.36. The first-order chi connectivity index (χ1) is 12.6. The highest BCUT2D eigenvalue weighted by molar-refractivity contribution is 6.30. The molecule has 1 N–H and O–H groups in total. The molecular weight excluding hydrogens is 348 g/mol. The van der Waals surface area contributed by atoms with E-state index < -0.39 is 0 Å². The van der Waals surface area contributed by atoms with Gasteiger partial charge in [0.2, 0.25) is 11.8 Å². The van der Waals surface area contributed by atoms with Crippen LogP contribution in [0.1, 0.15) is 58.3 Å². The molecule has 3 rings (SSSR count). The molecule has 0 aromatic heterocycles. The van der Waals surface area contributed by atoms with E-state index in [2.05, 4.69) is 17.1 Å². The Bertz CT molecular complexity index is 641. The van der Waals surface area contributed by atoms with Crippen LogP contribution in [-0.4, -0.2) is 29.3 Å². The van der Waals surface area contributed by atoms with Crippen molar-refractivity contribution in [3.05, 3.63) is 29.3 Å². The maximum absolute atomic E-state index is 12.9. The van der Waals surface area contributed by atoms with E-state index in [1.54, 1.807) is 12.1 Å². The van der Waals surface area contributed by atoms with Crippen LogP contribution in [0.5, 0.6) is 0 Å². The van der Waals surface area contributed by atoms with Crippen LogP contribution in [0.25, 0.3) is 0 Å². The molecule has 142 valence electrons. The van der Waals surface area contributed by atoms with Gasteiger partial charge in [0.05, 0.1) is 0 Å². The molecule has 1 unspecified atom stereocenters. The van der Waals surface area contributed by atoms with Crippen LogP contribution in [-0.2, 0) is 9.59 Å². The Labute approximate surface area is 161 Å². The normalized spacial score (nSPS) is 26.4. The van der Waals surface area contributed by atoms with Gasteiger partial charge in [-0.3, -0.25) is 9.59 Å². The number of carbonyl (C=O) groups excluding carboxylic acids is 2. The summed E-state index contributed by atoms with van der Waals surface area (Å²) in [6.07, 6.45) is 7.75. The van der Waals surface area contributed by atoms with E-state index in [4.69, 9.17) is 11.6 Å². The van der Waals surface area contributed by atoms with E-state index in [0.29, 0.717) is 17.0 Å². The molecule has 2 amide bonds. The highest BCUT2D eigenvalue weighted by Gasteiger charge is 2.34. The van der Waals surface area contributed by atoms with Gasteiger partial charge in [-0.15, -0.1) is 0 Å². The van der Waals surface area contributed by atoms with Crippen LogP contribution in [0.15, 0.2) is 24.3 Å². The lowest BCUT2D eigenvalue weighted by Crippen LogP contribution is -2.47. The Balaban J connectivity index is 1.52. The summed E-state index contributed by atoms with van der Waals surface area (Å²) in [5, 5.41) is 3.57. The molecular formula is C21H29ClN2O2. The molecule has 1 saturated carbocycles. The lowest BCUT2D eigenvalue weighted by atomic mass is 9.80. The summed E-state index contributed by atoms with van der Waals surface area (Å²) in [4.78, 5) is 27.6. The Morgan fingerprint density at radius 2 is 1.85 bits per heavy atom. The minimum atomic E-state index is -0.0126. The van der Waals surface area contributed by atoms with Crippen molar-refractivity contribution >= 4 is 29.1 Å². The van der Waals surface area contributed by atoms with Gasteiger partial charge in [0.1, 0.15) is 0 Å². The maximum Gasteiger partial charge on any atom is 0.227 e. The molecule has 1 heterocycles. The smallest absolute Gasteiger partial charge is 0.227 e. The van der Waals surface area contributed by atoms with Gasteiger partial charge < -0.3 is 10.2 Å². The summed E-state index contributed by atoms with van der Waals surface area (Å²) in [5.74, 6) is 0.451. The van der Waals surface area contributed by atoms with Gasteiger partial charge in [-0.05, 0) is 69.6 Å². The number of likely N-dealkylation sites (tertiary alicyclic amines) is 1. The molecule has 4 nitrogen and oxygen atoms in total. The molecule has 5 heteroatoms. The van der Waals surface area contributed by atoms with Crippen molar-refractivity contribution in [2.75, 3.05) is 11.9 Å². The van der Waals surface area contributed by atoms with Crippen molar-refractivity contribution in [2.24, 2.45) is 11.8 Å². The summed E-state index contributed by atoms with van der Waals surface area (Å²) in [6, 6.07) is 7.64. The number of amides is 2. The van der Waals surface area contributed by atoms with E-state index in [1.807, 2.05) is 12.1 Å². The van der Waals surface area contributed by atoms with Crippen molar-refractivity contribution in [2.45, 2.75) is 64.3 Å². The molecule has 1 saturated heterocycles. The predicted molar refractivity (Wildman–Crippen MR) is 105 cm³/mol. The first kappa shape index (κ1) is 19.2. The number of hydrogen-bond acceptors (Lipinski definition) is 2. The molecule has 0 radical (unpaired) electrons. The van der Waals surface area contributed by atoms with Gasteiger partial charge in [0, 0.05) is 35.1 Å². The number of carbonyl (C=O) groups is 2. The number of hydrogen-bond donors (Lipinski definition) is 1. The van der Waals surface area contributed by atoms with E-state index in [9.17, 15) is 9.59 Å². The first-order valence-corrected chi connectivity index (χ1v) is 10.3. The molecule has 0 spiro atoms.